The van der Waals surface area contributed by atoms with Gasteiger partial charge in [0.25, 0.3) is 0 Å². The summed E-state index contributed by atoms with van der Waals surface area (Å²) in [6.45, 7) is 1.09. The Balaban J connectivity index is 2.02. The predicted molar refractivity (Wildman–Crippen MR) is 67.3 cm³/mol. The molecule has 1 N–H and O–H groups in total. The lowest BCUT2D eigenvalue weighted by Crippen LogP contribution is -2.12. The van der Waals surface area contributed by atoms with Crippen LogP contribution >= 0.6 is 15.9 Å². The molecule has 0 amide bonds. The fraction of sp³-hybridized carbons (Fsp3) is 0.182. The van der Waals surface area contributed by atoms with Crippen molar-refractivity contribution in [2.24, 2.45) is 0 Å². The third kappa shape index (κ3) is 2.65. The minimum absolute atomic E-state index is 0.177. The number of hydrogen-bond donors (Lipinski definition) is 1. The van der Waals surface area contributed by atoms with Crippen LogP contribution in [0.25, 0.3) is 0 Å². The maximum absolute atomic E-state index is 13.8. The monoisotopic (exact) mass is 309 g/mol. The van der Waals surface area contributed by atoms with Gasteiger partial charge in [-0.25, -0.2) is 4.39 Å². The van der Waals surface area contributed by atoms with Crippen molar-refractivity contribution in [2.75, 3.05) is 11.9 Å². The number of halogens is 2. The fourth-order valence-corrected chi connectivity index (χ4v) is 1.86. The Morgan fingerprint density at radius 2 is 2.33 bits per heavy atom. The largest absolute Gasteiger partial charge is 0.381 e. The van der Waals surface area contributed by atoms with Crippen molar-refractivity contribution in [3.05, 3.63) is 40.4 Å². The summed E-state index contributed by atoms with van der Waals surface area (Å²) in [5.41, 5.74) is 0.621. The van der Waals surface area contributed by atoms with Crippen molar-refractivity contribution in [2.45, 2.75) is 6.54 Å². The number of anilines is 1. The quantitative estimate of drug-likeness (QED) is 0.940. The Kier molecular flexibility index (Phi) is 3.89. The van der Waals surface area contributed by atoms with Crippen LogP contribution in [0, 0.1) is 17.1 Å². The number of nitrogens with one attached hydrogen (secondary N) is 1. The molecule has 0 aliphatic heterocycles. The molecule has 0 aliphatic rings. The summed E-state index contributed by atoms with van der Waals surface area (Å²) in [5, 5.41) is 19.2. The third-order valence-corrected chi connectivity index (χ3v) is 3.11. The van der Waals surface area contributed by atoms with Crippen LogP contribution in [0.2, 0.25) is 0 Å². The van der Waals surface area contributed by atoms with Gasteiger partial charge in [-0.2, -0.15) is 5.26 Å². The molecule has 0 fully saturated rings. The van der Waals surface area contributed by atoms with Crippen LogP contribution in [0.1, 0.15) is 5.56 Å². The van der Waals surface area contributed by atoms with Crippen molar-refractivity contribution in [3.63, 3.8) is 0 Å². The highest BCUT2D eigenvalue weighted by Gasteiger charge is 2.10. The van der Waals surface area contributed by atoms with Crippen LogP contribution in [0.3, 0.4) is 0 Å². The summed E-state index contributed by atoms with van der Waals surface area (Å²) in [7, 11) is 0. The van der Waals surface area contributed by atoms with Crippen molar-refractivity contribution in [3.8, 4) is 6.07 Å². The normalized spacial score (nSPS) is 10.1. The van der Waals surface area contributed by atoms with Crippen molar-refractivity contribution in [1.82, 2.24) is 15.0 Å². The lowest BCUT2D eigenvalue weighted by Gasteiger charge is -2.09. The molecule has 92 valence electrons. The average molecular weight is 310 g/mol. The highest BCUT2D eigenvalue weighted by atomic mass is 79.9. The molecule has 5 nitrogen and oxygen atoms in total. The molecule has 1 heterocycles. The first-order valence-corrected chi connectivity index (χ1v) is 5.97. The minimum atomic E-state index is -0.465. The molecule has 18 heavy (non-hydrogen) atoms. The molecule has 0 bridgehead atoms. The Labute approximate surface area is 111 Å². The van der Waals surface area contributed by atoms with E-state index in [0.29, 0.717) is 18.8 Å². The summed E-state index contributed by atoms with van der Waals surface area (Å²) in [4.78, 5) is 0. The molecular formula is C11H9BrFN5. The number of aromatic nitrogens is 3. The van der Waals surface area contributed by atoms with Gasteiger partial charge in [0.05, 0.1) is 28.5 Å². The summed E-state index contributed by atoms with van der Waals surface area (Å²) >= 11 is 3.06. The molecule has 0 spiro atoms. The Morgan fingerprint density at radius 1 is 1.50 bits per heavy atom. The molecule has 0 aliphatic carbocycles. The van der Waals surface area contributed by atoms with E-state index in [0.717, 1.165) is 0 Å². The van der Waals surface area contributed by atoms with Crippen molar-refractivity contribution < 1.29 is 4.39 Å². The molecule has 1 aromatic carbocycles. The van der Waals surface area contributed by atoms with Crippen LogP contribution in [0.5, 0.6) is 0 Å². The van der Waals surface area contributed by atoms with E-state index < -0.39 is 5.82 Å². The molecule has 0 radical (unpaired) electrons. The second kappa shape index (κ2) is 5.60. The van der Waals surface area contributed by atoms with Crippen molar-refractivity contribution >= 4 is 21.6 Å². The molecule has 0 saturated heterocycles. The molecular weight excluding hydrogens is 301 g/mol. The van der Waals surface area contributed by atoms with Gasteiger partial charge in [0.1, 0.15) is 6.07 Å². The van der Waals surface area contributed by atoms with Gasteiger partial charge in [0.15, 0.2) is 5.82 Å². The van der Waals surface area contributed by atoms with E-state index in [1.165, 1.54) is 0 Å². The van der Waals surface area contributed by atoms with Crippen LogP contribution in [-0.4, -0.2) is 21.5 Å². The summed E-state index contributed by atoms with van der Waals surface area (Å²) in [6, 6.07) is 5.01. The molecule has 1 aromatic heterocycles. The third-order valence-electron chi connectivity index (χ3n) is 2.33. The van der Waals surface area contributed by atoms with Crippen LogP contribution in [0.4, 0.5) is 10.1 Å². The highest BCUT2D eigenvalue weighted by Crippen LogP contribution is 2.26. The van der Waals surface area contributed by atoms with Gasteiger partial charge < -0.3 is 5.32 Å². The van der Waals surface area contributed by atoms with Gasteiger partial charge in [-0.3, -0.25) is 4.68 Å². The molecule has 0 saturated carbocycles. The number of benzene rings is 1. The second-order valence-electron chi connectivity index (χ2n) is 3.49. The maximum Gasteiger partial charge on any atom is 0.161 e. The van der Waals surface area contributed by atoms with E-state index in [2.05, 4.69) is 31.6 Å². The first-order valence-electron chi connectivity index (χ1n) is 5.18. The molecule has 7 heteroatoms. The molecule has 2 aromatic rings. The highest BCUT2D eigenvalue weighted by molar-refractivity contribution is 9.10. The second-order valence-corrected chi connectivity index (χ2v) is 4.29. The Morgan fingerprint density at radius 3 is 3.00 bits per heavy atom. The standard InChI is InChI=1S/C11H9BrFN5/c12-10-8(7-14)1-2-9(11(10)13)15-3-5-18-6-4-16-17-18/h1-2,4,6,15H,3,5H2. The maximum atomic E-state index is 13.8. The predicted octanol–water partition coefficient (Wildman–Crippen LogP) is 2.16. The van der Waals surface area contributed by atoms with E-state index in [-0.39, 0.29) is 10.0 Å². The summed E-state index contributed by atoms with van der Waals surface area (Å²) < 4.78 is 15.6. The van der Waals surface area contributed by atoms with E-state index in [9.17, 15) is 4.39 Å². The summed E-state index contributed by atoms with van der Waals surface area (Å²) in [6.07, 6.45) is 3.31. The van der Waals surface area contributed by atoms with Gasteiger partial charge >= 0.3 is 0 Å². The Bertz CT molecular complexity index is 576. The lowest BCUT2D eigenvalue weighted by molar-refractivity contribution is 0.599. The SMILES string of the molecule is N#Cc1ccc(NCCn2ccnn2)c(F)c1Br. The van der Waals surface area contributed by atoms with Crippen LogP contribution < -0.4 is 5.32 Å². The first-order chi connectivity index (χ1) is 8.72. The van der Waals surface area contributed by atoms with Crippen LogP contribution in [0.15, 0.2) is 29.0 Å². The number of rotatable bonds is 4. The Hall–Kier alpha value is -1.94. The average Bonchev–Trinajstić information content (AvgIpc) is 2.88. The van der Waals surface area contributed by atoms with Crippen molar-refractivity contribution in [1.29, 1.82) is 5.26 Å². The molecule has 0 atom stereocenters. The lowest BCUT2D eigenvalue weighted by atomic mass is 10.2. The number of nitriles is 1. The summed E-state index contributed by atoms with van der Waals surface area (Å²) in [5.74, 6) is -0.465. The number of nitrogens with zero attached hydrogens (tertiary/aromatic N) is 4. The smallest absolute Gasteiger partial charge is 0.161 e. The molecule has 2 rings (SSSR count). The number of hydrogen-bond acceptors (Lipinski definition) is 4. The van der Waals surface area contributed by atoms with E-state index >= 15 is 0 Å². The van der Waals surface area contributed by atoms with Gasteiger partial charge in [0.2, 0.25) is 0 Å². The zero-order chi connectivity index (χ0) is 13.0. The molecule has 0 unspecified atom stereocenters. The van der Waals surface area contributed by atoms with Gasteiger partial charge in [0, 0.05) is 12.7 Å². The van der Waals surface area contributed by atoms with E-state index in [1.54, 1.807) is 29.2 Å². The zero-order valence-electron chi connectivity index (χ0n) is 9.27. The van der Waals surface area contributed by atoms with E-state index in [1.807, 2.05) is 6.07 Å². The van der Waals surface area contributed by atoms with Gasteiger partial charge in [-0.05, 0) is 28.1 Å². The first kappa shape index (κ1) is 12.5. The fourth-order valence-electron chi connectivity index (χ4n) is 1.43. The van der Waals surface area contributed by atoms with Crippen LogP contribution in [-0.2, 0) is 6.54 Å². The minimum Gasteiger partial charge on any atom is -0.381 e. The van der Waals surface area contributed by atoms with E-state index in [4.69, 9.17) is 5.26 Å². The van der Waals surface area contributed by atoms with Gasteiger partial charge in [-0.15, -0.1) is 5.10 Å². The zero-order valence-corrected chi connectivity index (χ0v) is 10.9. The van der Waals surface area contributed by atoms with Gasteiger partial charge in [-0.1, -0.05) is 5.21 Å². The topological polar surface area (TPSA) is 66.5 Å².